The second-order valence-electron chi connectivity index (χ2n) is 5.46. The maximum absolute atomic E-state index is 13.6. The molecule has 3 heteroatoms. The van der Waals surface area contributed by atoms with Crippen LogP contribution in [-0.2, 0) is 6.54 Å². The van der Waals surface area contributed by atoms with Crippen LogP contribution in [-0.4, -0.2) is 0 Å². The standard InChI is InChI=1S/C16H18FNO/c1-10-3-5-14(17)15(7-10)18-9-12-4-6-16(19-12)13-8-11(13)2/h3-7,11,13,18H,8-9H2,1-2H3. The Bertz CT molecular complexity index is 590. The van der Waals surface area contributed by atoms with E-state index in [4.69, 9.17) is 4.42 Å². The average molecular weight is 259 g/mol. The highest BCUT2D eigenvalue weighted by Gasteiger charge is 2.36. The third-order valence-electron chi connectivity index (χ3n) is 3.73. The van der Waals surface area contributed by atoms with Gasteiger partial charge in [0.2, 0.25) is 0 Å². The van der Waals surface area contributed by atoms with Crippen molar-refractivity contribution < 1.29 is 8.81 Å². The third kappa shape index (κ3) is 2.65. The lowest BCUT2D eigenvalue weighted by atomic mass is 10.2. The molecule has 1 aromatic carbocycles. The first-order chi connectivity index (χ1) is 9.13. The highest BCUT2D eigenvalue weighted by molar-refractivity contribution is 5.47. The third-order valence-corrected chi connectivity index (χ3v) is 3.73. The quantitative estimate of drug-likeness (QED) is 0.876. The minimum atomic E-state index is -0.229. The van der Waals surface area contributed by atoms with Gasteiger partial charge in [-0.1, -0.05) is 13.0 Å². The summed E-state index contributed by atoms with van der Waals surface area (Å²) in [5.41, 5.74) is 1.56. The maximum Gasteiger partial charge on any atom is 0.146 e. The van der Waals surface area contributed by atoms with Crippen molar-refractivity contribution in [1.29, 1.82) is 0 Å². The zero-order valence-corrected chi connectivity index (χ0v) is 11.2. The van der Waals surface area contributed by atoms with E-state index in [-0.39, 0.29) is 5.82 Å². The Morgan fingerprint density at radius 3 is 2.84 bits per heavy atom. The van der Waals surface area contributed by atoms with E-state index in [1.54, 1.807) is 6.07 Å². The van der Waals surface area contributed by atoms with Crippen LogP contribution in [0.15, 0.2) is 34.7 Å². The van der Waals surface area contributed by atoms with Crippen molar-refractivity contribution in [3.8, 4) is 0 Å². The molecule has 1 aliphatic rings. The molecule has 0 spiro atoms. The molecule has 1 fully saturated rings. The molecule has 0 saturated heterocycles. The summed E-state index contributed by atoms with van der Waals surface area (Å²) in [5, 5.41) is 3.09. The Balaban J connectivity index is 1.65. The molecule has 1 aliphatic carbocycles. The van der Waals surface area contributed by atoms with E-state index in [1.807, 2.05) is 25.1 Å². The molecule has 1 saturated carbocycles. The van der Waals surface area contributed by atoms with Gasteiger partial charge in [0.1, 0.15) is 17.3 Å². The molecule has 0 bridgehead atoms. The van der Waals surface area contributed by atoms with Crippen molar-refractivity contribution in [3.63, 3.8) is 0 Å². The molecule has 100 valence electrons. The summed E-state index contributed by atoms with van der Waals surface area (Å²) < 4.78 is 19.4. The van der Waals surface area contributed by atoms with Crippen LogP contribution in [0.2, 0.25) is 0 Å². The van der Waals surface area contributed by atoms with Crippen LogP contribution in [0.25, 0.3) is 0 Å². The lowest BCUT2D eigenvalue weighted by Gasteiger charge is -2.06. The van der Waals surface area contributed by atoms with Crippen molar-refractivity contribution in [1.82, 2.24) is 0 Å². The highest BCUT2D eigenvalue weighted by Crippen LogP contribution is 2.47. The fourth-order valence-electron chi connectivity index (χ4n) is 2.36. The predicted octanol–water partition coefficient (Wildman–Crippen LogP) is 4.46. The maximum atomic E-state index is 13.6. The van der Waals surface area contributed by atoms with Crippen LogP contribution in [0.5, 0.6) is 0 Å². The second kappa shape index (κ2) is 4.72. The van der Waals surface area contributed by atoms with Gasteiger partial charge in [0, 0.05) is 5.92 Å². The van der Waals surface area contributed by atoms with Crippen LogP contribution in [0.3, 0.4) is 0 Å². The van der Waals surface area contributed by atoms with E-state index in [9.17, 15) is 4.39 Å². The van der Waals surface area contributed by atoms with Crippen LogP contribution in [0.4, 0.5) is 10.1 Å². The van der Waals surface area contributed by atoms with Crippen LogP contribution in [0.1, 0.15) is 36.3 Å². The number of hydrogen-bond acceptors (Lipinski definition) is 2. The number of rotatable bonds is 4. The summed E-state index contributed by atoms with van der Waals surface area (Å²) in [5.74, 6) is 3.02. The number of anilines is 1. The number of halogens is 1. The largest absolute Gasteiger partial charge is 0.464 e. The summed E-state index contributed by atoms with van der Waals surface area (Å²) in [6, 6.07) is 9.07. The molecule has 0 aliphatic heterocycles. The number of benzene rings is 1. The van der Waals surface area contributed by atoms with Crippen molar-refractivity contribution >= 4 is 5.69 Å². The van der Waals surface area contributed by atoms with E-state index < -0.39 is 0 Å². The van der Waals surface area contributed by atoms with Crippen LogP contribution >= 0.6 is 0 Å². The molecule has 1 aromatic heterocycles. The van der Waals surface area contributed by atoms with E-state index in [1.165, 1.54) is 12.5 Å². The Hall–Kier alpha value is -1.77. The smallest absolute Gasteiger partial charge is 0.146 e. The Labute approximate surface area is 112 Å². The Morgan fingerprint density at radius 2 is 2.11 bits per heavy atom. The van der Waals surface area contributed by atoms with E-state index in [0.29, 0.717) is 18.2 Å². The lowest BCUT2D eigenvalue weighted by molar-refractivity contribution is 0.467. The zero-order valence-electron chi connectivity index (χ0n) is 11.2. The van der Waals surface area contributed by atoms with Gasteiger partial charge in [-0.15, -0.1) is 0 Å². The van der Waals surface area contributed by atoms with E-state index in [0.717, 1.165) is 23.0 Å². The van der Waals surface area contributed by atoms with Gasteiger partial charge in [-0.05, 0) is 49.1 Å². The van der Waals surface area contributed by atoms with Gasteiger partial charge in [-0.2, -0.15) is 0 Å². The molecule has 2 nitrogen and oxygen atoms in total. The van der Waals surface area contributed by atoms with E-state index >= 15 is 0 Å². The minimum Gasteiger partial charge on any atom is -0.464 e. The lowest BCUT2D eigenvalue weighted by Crippen LogP contribution is -2.00. The Morgan fingerprint density at radius 1 is 1.32 bits per heavy atom. The van der Waals surface area contributed by atoms with Gasteiger partial charge >= 0.3 is 0 Å². The Kier molecular flexibility index (Phi) is 3.05. The van der Waals surface area contributed by atoms with Crippen molar-refractivity contribution in [2.24, 2.45) is 5.92 Å². The molecule has 0 radical (unpaired) electrons. The van der Waals surface area contributed by atoms with Gasteiger partial charge in [-0.25, -0.2) is 4.39 Å². The van der Waals surface area contributed by atoms with Crippen molar-refractivity contribution in [3.05, 3.63) is 53.2 Å². The summed E-state index contributed by atoms with van der Waals surface area (Å²) in [7, 11) is 0. The molecule has 1 heterocycles. The first-order valence-electron chi connectivity index (χ1n) is 6.72. The molecule has 2 atom stereocenters. The molecular weight excluding hydrogens is 241 g/mol. The molecule has 19 heavy (non-hydrogen) atoms. The van der Waals surface area contributed by atoms with Gasteiger partial charge in [0.15, 0.2) is 0 Å². The molecule has 2 aromatic rings. The minimum absolute atomic E-state index is 0.229. The first kappa shape index (κ1) is 12.3. The number of hydrogen-bond donors (Lipinski definition) is 1. The summed E-state index contributed by atoms with van der Waals surface area (Å²) in [6.45, 7) is 4.69. The highest BCUT2D eigenvalue weighted by atomic mass is 19.1. The van der Waals surface area contributed by atoms with Gasteiger partial charge < -0.3 is 9.73 Å². The molecule has 3 rings (SSSR count). The monoisotopic (exact) mass is 259 g/mol. The zero-order chi connectivity index (χ0) is 13.4. The SMILES string of the molecule is Cc1ccc(F)c(NCc2ccc(C3CC3C)o2)c1. The first-order valence-corrected chi connectivity index (χ1v) is 6.72. The normalized spacial score (nSPS) is 21.4. The number of nitrogens with one attached hydrogen (secondary N) is 1. The van der Waals surface area contributed by atoms with E-state index in [2.05, 4.69) is 12.2 Å². The number of furan rings is 1. The molecule has 2 unspecified atom stereocenters. The fraction of sp³-hybridized carbons (Fsp3) is 0.375. The molecular formula is C16H18FNO. The second-order valence-corrected chi connectivity index (χ2v) is 5.46. The van der Waals surface area contributed by atoms with Gasteiger partial charge in [0.25, 0.3) is 0 Å². The van der Waals surface area contributed by atoms with Crippen molar-refractivity contribution in [2.45, 2.75) is 32.7 Å². The predicted molar refractivity (Wildman–Crippen MR) is 73.7 cm³/mol. The van der Waals surface area contributed by atoms with Crippen LogP contribution in [0, 0.1) is 18.7 Å². The molecule has 1 N–H and O–H groups in total. The summed E-state index contributed by atoms with van der Waals surface area (Å²) >= 11 is 0. The van der Waals surface area contributed by atoms with Crippen LogP contribution < -0.4 is 5.32 Å². The fourth-order valence-corrected chi connectivity index (χ4v) is 2.36. The molecule has 0 amide bonds. The van der Waals surface area contributed by atoms with Gasteiger partial charge in [0.05, 0.1) is 12.2 Å². The van der Waals surface area contributed by atoms with Gasteiger partial charge in [-0.3, -0.25) is 0 Å². The summed E-state index contributed by atoms with van der Waals surface area (Å²) in [6.07, 6.45) is 1.22. The summed E-state index contributed by atoms with van der Waals surface area (Å²) in [4.78, 5) is 0. The topological polar surface area (TPSA) is 25.2 Å². The average Bonchev–Trinajstić information content (AvgIpc) is 2.93. The number of aryl methyl sites for hydroxylation is 1. The van der Waals surface area contributed by atoms with Crippen molar-refractivity contribution in [2.75, 3.05) is 5.32 Å².